The molecule has 4 aliphatic heterocycles. The maximum Gasteiger partial charge on any atom is 0.749 e. The molecule has 0 aliphatic carbocycles. The van der Waals surface area contributed by atoms with E-state index in [1.807, 2.05) is 0 Å². The van der Waals surface area contributed by atoms with Crippen molar-refractivity contribution in [3.8, 4) is 0 Å². The van der Waals surface area contributed by atoms with E-state index in [9.17, 15) is 127 Å². The Morgan fingerprint density at radius 2 is 0.837 bits per heavy atom. The normalized spacial score (nSPS) is 25.0. The van der Waals surface area contributed by atoms with Crippen molar-refractivity contribution in [3.05, 3.63) is 141 Å². The number of morpholine rings is 2. The fourth-order valence-electron chi connectivity index (χ4n) is 12.4. The third-order valence-electron chi connectivity index (χ3n) is 17.4. The second-order valence-corrected chi connectivity index (χ2v) is 25.2. The monoisotopic (exact) mass is 1540 g/mol. The summed E-state index contributed by atoms with van der Waals surface area (Å²) in [7, 11) is -1.81. The molecule has 4 heterocycles. The molecule has 0 bridgehead atoms. The van der Waals surface area contributed by atoms with E-state index < -0.39 is 239 Å². The number of hydrogen-bond acceptors (Lipinski definition) is 25. The molecule has 44 heteroatoms. The number of rotatable bonds is 32. The molecule has 0 saturated carbocycles. The van der Waals surface area contributed by atoms with Crippen molar-refractivity contribution in [2.45, 2.75) is 134 Å². The summed E-state index contributed by atoms with van der Waals surface area (Å²) in [4.78, 5) is 31.5. The Hall–Kier alpha value is -6.34. The zero-order valence-electron chi connectivity index (χ0n) is 54.3. The molecule has 0 aromatic heterocycles. The van der Waals surface area contributed by atoms with Gasteiger partial charge in [-0.25, -0.2) is 18.4 Å². The van der Waals surface area contributed by atoms with E-state index in [1.54, 1.807) is 0 Å². The van der Waals surface area contributed by atoms with Crippen LogP contribution in [-0.4, -0.2) is 248 Å². The minimum absolute atomic E-state index is 0.0573. The largest absolute Gasteiger partial charge is 0.749 e. The van der Waals surface area contributed by atoms with Gasteiger partial charge in [0.05, 0.1) is 86.1 Å². The summed E-state index contributed by atoms with van der Waals surface area (Å²) in [6.07, 6.45) is -43.9. The maximum atomic E-state index is 14.6. The highest BCUT2D eigenvalue weighted by atomic mass is 31.1. The van der Waals surface area contributed by atoms with Gasteiger partial charge in [-0.1, -0.05) is 34.6 Å². The zero-order chi connectivity index (χ0) is 76.8. The Labute approximate surface area is 581 Å². The number of ether oxygens (including phenoxy) is 4. The molecular formula is C60H74F14N10O19P+. The maximum absolute atomic E-state index is 14.6. The number of aliphatic hydroxyl groups is 10. The van der Waals surface area contributed by atoms with Crippen LogP contribution >= 0.6 is 8.25 Å². The lowest BCUT2D eigenvalue weighted by molar-refractivity contribution is -0.216. The van der Waals surface area contributed by atoms with Crippen molar-refractivity contribution in [2.75, 3.05) is 79.9 Å². The van der Waals surface area contributed by atoms with E-state index in [-0.39, 0.29) is 59.9 Å². The molecule has 4 unspecified atom stereocenters. The predicted molar refractivity (Wildman–Crippen MR) is 323 cm³/mol. The summed E-state index contributed by atoms with van der Waals surface area (Å²) in [5.41, 5.74) is -7.11. The number of urea groups is 2. The van der Waals surface area contributed by atoms with Gasteiger partial charge in [0.15, 0.2) is 12.6 Å². The molecule has 4 fully saturated rings. The van der Waals surface area contributed by atoms with Crippen LogP contribution in [0.15, 0.2) is 84.9 Å². The summed E-state index contributed by atoms with van der Waals surface area (Å²) < 4.78 is 244. The van der Waals surface area contributed by atoms with Crippen molar-refractivity contribution in [1.82, 2.24) is 52.3 Å². The van der Waals surface area contributed by atoms with Crippen LogP contribution in [0.5, 0.6) is 0 Å². The highest BCUT2D eigenvalue weighted by Crippen LogP contribution is 2.42. The minimum Gasteiger partial charge on any atom is -0.394 e. The number of carbonyl (C=O) groups is 2. The number of halogens is 14. The molecule has 4 aromatic carbocycles. The second-order valence-electron chi connectivity index (χ2n) is 24.5. The Kier molecular flexibility index (Phi) is 27.4. The van der Waals surface area contributed by atoms with Gasteiger partial charge < -0.3 is 91.3 Å². The van der Waals surface area contributed by atoms with E-state index >= 15 is 0 Å². The van der Waals surface area contributed by atoms with Crippen LogP contribution in [0.3, 0.4) is 0 Å². The highest BCUT2D eigenvalue weighted by molar-refractivity contribution is 7.33. The zero-order valence-corrected chi connectivity index (χ0v) is 55.2. The van der Waals surface area contributed by atoms with Crippen molar-refractivity contribution < 1.29 is 155 Å². The molecule has 4 aliphatic rings. The molecule has 16 atom stereocenters. The van der Waals surface area contributed by atoms with Crippen LogP contribution in [0.4, 0.5) is 71.1 Å². The van der Waals surface area contributed by atoms with Gasteiger partial charge in [0.1, 0.15) is 71.8 Å². The van der Waals surface area contributed by atoms with Gasteiger partial charge in [-0.3, -0.25) is 9.80 Å². The Morgan fingerprint density at radius 1 is 0.519 bits per heavy atom. The molecule has 0 spiro atoms. The average Bonchev–Trinajstić information content (AvgIpc) is 1.56. The number of hydrazine groups is 2. The van der Waals surface area contributed by atoms with Gasteiger partial charge >= 0.3 is 45.0 Å². The number of nitrogens with one attached hydrogen (secondary N) is 6. The summed E-state index contributed by atoms with van der Waals surface area (Å²) >= 11 is 0. The molecule has 29 nitrogen and oxygen atoms in total. The molecule has 4 amide bonds. The van der Waals surface area contributed by atoms with E-state index in [2.05, 4.69) is 32.1 Å². The first-order valence-corrected chi connectivity index (χ1v) is 32.4. The van der Waals surface area contributed by atoms with E-state index in [0.717, 1.165) is 38.4 Å². The predicted octanol–water partition coefficient (Wildman–Crippen LogP) is 1.68. The Balaban J connectivity index is 1.10. The third-order valence-corrected chi connectivity index (χ3v) is 18.0. The van der Waals surface area contributed by atoms with Crippen LogP contribution in [-0.2, 0) is 70.3 Å². The molecule has 16 N–H and O–H groups in total. The minimum atomic E-state index is -5.22. The number of hydrogen-bond donors (Lipinski definition) is 16. The van der Waals surface area contributed by atoms with Crippen LogP contribution in [0.25, 0.3) is 0 Å². The van der Waals surface area contributed by atoms with Crippen LogP contribution in [0.1, 0.15) is 56.6 Å². The lowest BCUT2D eigenvalue weighted by Gasteiger charge is -2.48. The Bertz CT molecular complexity index is 3250. The number of hydroxylamine groups is 2. The molecule has 8 rings (SSSR count). The number of alkyl halides is 12. The van der Waals surface area contributed by atoms with Crippen molar-refractivity contribution in [1.29, 1.82) is 0 Å². The fraction of sp³-hybridized carbons (Fsp3) is 0.567. The number of aliphatic hydroxyl groups excluding tert-OH is 10. The van der Waals surface area contributed by atoms with Crippen molar-refractivity contribution in [2.24, 2.45) is 0 Å². The summed E-state index contributed by atoms with van der Waals surface area (Å²) in [5.74, 6) is -1.58. The average molecular weight is 1540 g/mol. The van der Waals surface area contributed by atoms with Crippen LogP contribution in [0.2, 0.25) is 0 Å². The third kappa shape index (κ3) is 19.9. The highest BCUT2D eigenvalue weighted by Gasteiger charge is 2.60. The summed E-state index contributed by atoms with van der Waals surface area (Å²) in [5, 5.41) is 118. The van der Waals surface area contributed by atoms with Gasteiger partial charge in [-0.15, -0.1) is 0 Å². The second kappa shape index (κ2) is 34.3. The topological polar surface area (TPSA) is 394 Å². The van der Waals surface area contributed by atoms with E-state index in [1.165, 1.54) is 34.1 Å². The first-order valence-electron chi connectivity index (χ1n) is 31.3. The van der Waals surface area contributed by atoms with Crippen molar-refractivity contribution in [3.63, 3.8) is 0 Å². The SMILES string of the molecule is CNC([C@H](O)[C@@H](O)[C@H](O)[C@H](O)CO)C1(CN2CCO[C@@H](OCCc3cc(C(F)(F)F)cc(C(F)(F)F)c3)[C@@H]2c2ccc(F)cc2)NC(=O)N(O[P+](=O)ON2NC(CN3CCO[C@@H](OCCc4cc(C(F)(F)F)cc(C(F)(F)F)c4)[C@@H]3c3ccc(F)cc3)(C(NC)[C@H](O)[C@@H](O)[C@H](O)[C@H](O)CO)NC2=O)N1. The molecule has 580 valence electrons. The van der Waals surface area contributed by atoms with Gasteiger partial charge in [0.25, 0.3) is 0 Å². The number of amides is 4. The molecule has 104 heavy (non-hydrogen) atoms. The van der Waals surface area contributed by atoms with Gasteiger partial charge in [0.2, 0.25) is 0 Å². The molecule has 4 saturated heterocycles. The lowest BCUT2D eigenvalue weighted by atomic mass is 9.88. The number of carbonyl (C=O) groups excluding carboxylic acids is 2. The standard InChI is InChI=1S/C60H73F14N10O19P/c1-75-49(47(93)45(91)43(89)39(87)25-85)55(27-81-13-17-100-51(41(81)31-3-7-37(61)8-4-31)98-15-11-29-19-33(57(63,64)65)23-34(20-29)58(66,67)68)77-53(95)83(79-55)102-104(97)103-84-54(96)78-56(80-84,50(76-2)48(94)46(92)44(90)40(88)26-86)28-82-14-18-101-52(42(82)32-5-9-38(62)10-6-32)99-16-12-30-21-35(59(69,70)71)24-36(22-30)60(72,73)74/h3-10,19-24,39-52,75-76,79-80,85-94H,11-18,25-28H2,1-2H3,(H-,77,78,95,96)/p+1/t39-,40-,41+,42+,43-,44-,45+,46+,47-,48-,49?,50?,51-,52-,55?,56?/m1/s1. The summed E-state index contributed by atoms with van der Waals surface area (Å²) in [6, 6.07) is 0.977. The Morgan fingerprint density at radius 3 is 1.12 bits per heavy atom. The van der Waals surface area contributed by atoms with Crippen LogP contribution < -0.4 is 32.1 Å². The first kappa shape index (κ1) is 83.3. The lowest BCUT2D eigenvalue weighted by Crippen LogP contribution is -2.74. The number of likely N-dealkylation sites (N-methyl/N-ethyl adjacent to an activating group) is 2. The van der Waals surface area contributed by atoms with E-state index in [4.69, 9.17) is 28.2 Å². The van der Waals surface area contributed by atoms with Crippen LogP contribution in [0, 0.1) is 11.6 Å². The first-order chi connectivity index (χ1) is 48.7. The molecule has 4 aromatic rings. The number of benzene rings is 4. The van der Waals surface area contributed by atoms with Gasteiger partial charge in [-0.2, -0.15) is 63.5 Å². The van der Waals surface area contributed by atoms with Gasteiger partial charge in [0, 0.05) is 40.0 Å². The summed E-state index contributed by atoms with van der Waals surface area (Å²) in [6.45, 7) is -6.44. The van der Waals surface area contributed by atoms with Crippen molar-refractivity contribution >= 4 is 20.3 Å². The fourth-order valence-corrected chi connectivity index (χ4v) is 12.9. The molecular weight excluding hydrogens is 1460 g/mol. The smallest absolute Gasteiger partial charge is 0.394 e. The van der Waals surface area contributed by atoms with Gasteiger partial charge in [-0.05, 0) is 110 Å². The number of nitrogens with zero attached hydrogens (tertiary/aromatic N) is 4. The van der Waals surface area contributed by atoms with E-state index in [0.29, 0.717) is 24.3 Å². The quantitative estimate of drug-likeness (QED) is 0.0244. The molecule has 0 radical (unpaired) electrons.